The van der Waals surface area contributed by atoms with Crippen molar-refractivity contribution in [3.05, 3.63) is 41.3 Å². The largest absolute Gasteiger partial charge is 0.345 e. The molecule has 3 heteroatoms. The second-order valence-corrected chi connectivity index (χ2v) is 4.78. The summed E-state index contributed by atoms with van der Waals surface area (Å²) in [5, 5.41) is 0. The maximum absolute atomic E-state index is 5.73. The molecule has 0 aliphatic heterocycles. The molecule has 0 saturated carbocycles. The maximum Gasteiger partial charge on any atom is 0.103 e. The van der Waals surface area contributed by atoms with Crippen molar-refractivity contribution in [2.45, 2.75) is 39.7 Å². The lowest BCUT2D eigenvalue weighted by molar-refractivity contribution is 0.734. The van der Waals surface area contributed by atoms with Crippen LogP contribution in [0.25, 0.3) is 11.3 Å². The monoisotopic (exact) mass is 243 g/mol. The van der Waals surface area contributed by atoms with Crippen LogP contribution in [0, 0.1) is 6.92 Å². The molecule has 0 saturated heterocycles. The Morgan fingerprint density at radius 3 is 2.50 bits per heavy atom. The normalized spacial score (nSPS) is 12.7. The van der Waals surface area contributed by atoms with Crippen LogP contribution in [-0.2, 0) is 6.54 Å². The molecule has 0 radical (unpaired) electrons. The van der Waals surface area contributed by atoms with Crippen LogP contribution in [0.2, 0.25) is 0 Å². The average molecular weight is 243 g/mol. The van der Waals surface area contributed by atoms with Crippen molar-refractivity contribution in [2.24, 2.45) is 5.73 Å². The molecular formula is C15H21N3. The summed E-state index contributed by atoms with van der Waals surface area (Å²) >= 11 is 0. The molecule has 1 unspecified atom stereocenters. The van der Waals surface area contributed by atoms with Gasteiger partial charge in [-0.15, -0.1) is 0 Å². The molecule has 0 bridgehead atoms. The van der Waals surface area contributed by atoms with Crippen molar-refractivity contribution in [2.75, 3.05) is 0 Å². The number of H-pyrrole nitrogens is 1. The van der Waals surface area contributed by atoms with Gasteiger partial charge in [0.25, 0.3) is 0 Å². The van der Waals surface area contributed by atoms with Gasteiger partial charge in [0.1, 0.15) is 5.82 Å². The number of benzene rings is 1. The highest BCUT2D eigenvalue weighted by molar-refractivity contribution is 5.62. The average Bonchev–Trinajstić information content (AvgIpc) is 2.79. The van der Waals surface area contributed by atoms with E-state index in [1.165, 1.54) is 5.56 Å². The van der Waals surface area contributed by atoms with Crippen LogP contribution >= 0.6 is 0 Å². The van der Waals surface area contributed by atoms with Gasteiger partial charge in [-0.05, 0) is 24.8 Å². The summed E-state index contributed by atoms with van der Waals surface area (Å²) in [6.45, 7) is 6.90. The van der Waals surface area contributed by atoms with E-state index in [0.717, 1.165) is 29.2 Å². The van der Waals surface area contributed by atoms with E-state index >= 15 is 0 Å². The first-order valence-electron chi connectivity index (χ1n) is 6.51. The van der Waals surface area contributed by atoms with Gasteiger partial charge in [0, 0.05) is 12.1 Å². The zero-order valence-electron chi connectivity index (χ0n) is 11.3. The Kier molecular flexibility index (Phi) is 3.82. The van der Waals surface area contributed by atoms with Gasteiger partial charge in [0.2, 0.25) is 0 Å². The quantitative estimate of drug-likeness (QED) is 0.865. The first-order valence-corrected chi connectivity index (χ1v) is 6.51. The van der Waals surface area contributed by atoms with Crippen molar-refractivity contribution < 1.29 is 0 Å². The number of rotatable bonds is 4. The Morgan fingerprint density at radius 2 is 1.94 bits per heavy atom. The number of aryl methyl sites for hydroxylation is 1. The van der Waals surface area contributed by atoms with Crippen LogP contribution in [0.5, 0.6) is 0 Å². The predicted octanol–water partition coefficient (Wildman–Crippen LogP) is 3.36. The van der Waals surface area contributed by atoms with Crippen molar-refractivity contribution in [3.8, 4) is 11.3 Å². The van der Waals surface area contributed by atoms with E-state index in [2.05, 4.69) is 48.1 Å². The Balaban J connectivity index is 2.34. The number of nitrogens with one attached hydrogen (secondary N) is 1. The minimum absolute atomic E-state index is 0.489. The number of hydrogen-bond donors (Lipinski definition) is 2. The summed E-state index contributed by atoms with van der Waals surface area (Å²) in [7, 11) is 0. The smallest absolute Gasteiger partial charge is 0.103 e. The fraction of sp³-hybridized carbons (Fsp3) is 0.400. The van der Waals surface area contributed by atoms with Crippen LogP contribution in [0.1, 0.15) is 43.3 Å². The Morgan fingerprint density at radius 1 is 1.28 bits per heavy atom. The number of aromatic amines is 1. The van der Waals surface area contributed by atoms with E-state index in [4.69, 9.17) is 5.73 Å². The molecule has 2 aromatic rings. The highest BCUT2D eigenvalue weighted by Crippen LogP contribution is 2.25. The van der Waals surface area contributed by atoms with Gasteiger partial charge in [-0.2, -0.15) is 0 Å². The zero-order valence-corrected chi connectivity index (χ0v) is 11.3. The summed E-state index contributed by atoms with van der Waals surface area (Å²) in [6, 6.07) is 8.65. The lowest BCUT2D eigenvalue weighted by atomic mass is 9.97. The van der Waals surface area contributed by atoms with E-state index in [1.54, 1.807) is 0 Å². The van der Waals surface area contributed by atoms with Crippen molar-refractivity contribution in [1.82, 2.24) is 9.97 Å². The van der Waals surface area contributed by atoms with Gasteiger partial charge >= 0.3 is 0 Å². The molecule has 1 heterocycles. The molecule has 2 rings (SSSR count). The number of hydrogen-bond acceptors (Lipinski definition) is 2. The molecule has 3 N–H and O–H groups in total. The standard InChI is InChI=1S/C15H21N3/c1-4-10(2)12-5-7-13(8-6-12)15-14(9-16)17-11(3)18-15/h5-8,10H,4,9,16H2,1-3H3,(H,17,18). The van der Waals surface area contributed by atoms with Gasteiger partial charge < -0.3 is 10.7 Å². The first kappa shape index (κ1) is 12.8. The second-order valence-electron chi connectivity index (χ2n) is 4.78. The molecule has 1 aromatic heterocycles. The molecule has 18 heavy (non-hydrogen) atoms. The third-order valence-corrected chi connectivity index (χ3v) is 3.47. The molecule has 0 amide bonds. The first-order chi connectivity index (χ1) is 8.65. The lowest BCUT2D eigenvalue weighted by Gasteiger charge is -2.09. The molecule has 0 fully saturated rings. The zero-order chi connectivity index (χ0) is 13.1. The molecule has 1 aromatic carbocycles. The summed E-state index contributed by atoms with van der Waals surface area (Å²) < 4.78 is 0. The predicted molar refractivity (Wildman–Crippen MR) is 75.4 cm³/mol. The van der Waals surface area contributed by atoms with Gasteiger partial charge in [-0.3, -0.25) is 0 Å². The van der Waals surface area contributed by atoms with Gasteiger partial charge in [-0.25, -0.2) is 4.98 Å². The van der Waals surface area contributed by atoms with E-state index in [1.807, 2.05) is 6.92 Å². The van der Waals surface area contributed by atoms with Gasteiger partial charge in [-0.1, -0.05) is 38.1 Å². The number of nitrogens with zero attached hydrogens (tertiary/aromatic N) is 1. The third kappa shape index (κ3) is 2.46. The van der Waals surface area contributed by atoms with E-state index < -0.39 is 0 Å². The summed E-state index contributed by atoms with van der Waals surface area (Å²) in [5.74, 6) is 1.52. The molecule has 3 nitrogen and oxygen atoms in total. The summed E-state index contributed by atoms with van der Waals surface area (Å²) in [6.07, 6.45) is 1.16. The Labute approximate surface area is 108 Å². The summed E-state index contributed by atoms with van der Waals surface area (Å²) in [4.78, 5) is 7.72. The van der Waals surface area contributed by atoms with Crippen LogP contribution < -0.4 is 5.73 Å². The van der Waals surface area contributed by atoms with Gasteiger partial charge in [0.05, 0.1) is 11.4 Å². The SMILES string of the molecule is CCC(C)c1ccc(-c2nc(C)[nH]c2CN)cc1. The van der Waals surface area contributed by atoms with E-state index in [-0.39, 0.29) is 0 Å². The molecule has 0 spiro atoms. The summed E-state index contributed by atoms with van der Waals surface area (Å²) in [5.41, 5.74) is 10.2. The Bertz CT molecular complexity index is 511. The minimum atomic E-state index is 0.489. The van der Waals surface area contributed by atoms with Crippen molar-refractivity contribution in [1.29, 1.82) is 0 Å². The molecule has 0 aliphatic rings. The number of nitrogens with two attached hydrogens (primary N) is 1. The second kappa shape index (κ2) is 5.36. The minimum Gasteiger partial charge on any atom is -0.345 e. The fourth-order valence-electron chi connectivity index (χ4n) is 2.13. The van der Waals surface area contributed by atoms with E-state index in [0.29, 0.717) is 12.5 Å². The maximum atomic E-state index is 5.73. The molecule has 0 aliphatic carbocycles. The van der Waals surface area contributed by atoms with E-state index in [9.17, 15) is 0 Å². The molecule has 96 valence electrons. The molecule has 1 atom stereocenters. The molecular weight excluding hydrogens is 222 g/mol. The van der Waals surface area contributed by atoms with Crippen LogP contribution in [-0.4, -0.2) is 9.97 Å². The number of imidazole rings is 1. The highest BCUT2D eigenvalue weighted by atomic mass is 14.9. The highest BCUT2D eigenvalue weighted by Gasteiger charge is 2.10. The van der Waals surface area contributed by atoms with Crippen LogP contribution in [0.4, 0.5) is 0 Å². The Hall–Kier alpha value is -1.61. The van der Waals surface area contributed by atoms with Crippen LogP contribution in [0.15, 0.2) is 24.3 Å². The fourth-order valence-corrected chi connectivity index (χ4v) is 2.13. The third-order valence-electron chi connectivity index (χ3n) is 3.47. The topological polar surface area (TPSA) is 54.7 Å². The number of aromatic nitrogens is 2. The van der Waals surface area contributed by atoms with Gasteiger partial charge in [0.15, 0.2) is 0 Å². The lowest BCUT2D eigenvalue weighted by Crippen LogP contribution is -1.99. The van der Waals surface area contributed by atoms with Crippen LogP contribution in [0.3, 0.4) is 0 Å². The van der Waals surface area contributed by atoms with Crippen molar-refractivity contribution >= 4 is 0 Å². The van der Waals surface area contributed by atoms with Crippen molar-refractivity contribution in [3.63, 3.8) is 0 Å².